The average Bonchev–Trinajstić information content (AvgIpc) is 2.91. The van der Waals surface area contributed by atoms with E-state index in [1.54, 1.807) is 12.2 Å². The molecule has 0 aromatic heterocycles. The van der Waals surface area contributed by atoms with Crippen LogP contribution in [0.4, 0.5) is 0 Å². The van der Waals surface area contributed by atoms with Crippen LogP contribution in [-0.4, -0.2) is 33.0 Å². The van der Waals surface area contributed by atoms with E-state index in [-0.39, 0.29) is 11.6 Å². The summed E-state index contributed by atoms with van der Waals surface area (Å²) < 4.78 is 0. The van der Waals surface area contributed by atoms with E-state index in [1.807, 2.05) is 127 Å². The maximum atomic E-state index is 11.7. The summed E-state index contributed by atoms with van der Waals surface area (Å²) in [6, 6.07) is 0. The number of carbonyl (C=O) groups excluding carboxylic acids is 2. The number of hydrogen-bond acceptors (Lipinski definition) is 4. The SMILES string of the molecule is CC(C=CC=C(C)C=CC=C(C)C=CC(=O)C(C)(C)O)=CC=CC=C(C)C=CC=C(C)C=CC=C(C)C=CC(=O)C(C)(C)O. The monoisotopic (exact) mass is 596 g/mol. The number of aliphatic hydroxyl groups is 2. The van der Waals surface area contributed by atoms with Crippen LogP contribution in [-0.2, 0) is 9.59 Å². The second kappa shape index (κ2) is 20.7. The van der Waals surface area contributed by atoms with Crippen molar-refractivity contribution in [3.05, 3.63) is 155 Å². The van der Waals surface area contributed by atoms with Crippen molar-refractivity contribution in [2.75, 3.05) is 0 Å². The van der Waals surface area contributed by atoms with Crippen molar-refractivity contribution in [3.8, 4) is 0 Å². The number of rotatable bonds is 16. The van der Waals surface area contributed by atoms with E-state index < -0.39 is 11.2 Å². The van der Waals surface area contributed by atoms with Crippen LogP contribution in [0, 0.1) is 0 Å². The van der Waals surface area contributed by atoms with Gasteiger partial charge in [-0.3, -0.25) is 9.59 Å². The molecule has 0 heterocycles. The zero-order valence-electron chi connectivity index (χ0n) is 28.3. The van der Waals surface area contributed by atoms with Crippen molar-refractivity contribution in [2.45, 2.75) is 80.4 Å². The summed E-state index contributed by atoms with van der Waals surface area (Å²) in [4.78, 5) is 23.5. The number of carbonyl (C=O) groups is 2. The Bertz CT molecular complexity index is 1260. The maximum absolute atomic E-state index is 11.7. The molecule has 0 aliphatic rings. The molecule has 0 saturated heterocycles. The summed E-state index contributed by atoms with van der Waals surface area (Å²) in [5.41, 5.74) is 3.57. The van der Waals surface area contributed by atoms with Crippen LogP contribution < -0.4 is 0 Å². The lowest BCUT2D eigenvalue weighted by molar-refractivity contribution is -0.129. The molecule has 0 bridgehead atoms. The maximum Gasteiger partial charge on any atom is 0.186 e. The van der Waals surface area contributed by atoms with Crippen molar-refractivity contribution < 1.29 is 19.8 Å². The summed E-state index contributed by atoms with van der Waals surface area (Å²) in [6.07, 6.45) is 38.2. The minimum Gasteiger partial charge on any atom is -0.382 e. The molecule has 2 N–H and O–H groups in total. The van der Waals surface area contributed by atoms with Crippen LogP contribution in [0.5, 0.6) is 0 Å². The standard InChI is InChI=1S/C40H52O4/c1-31(19-13-21-33(3)23-15-25-35(5)27-29-37(41)39(7,8)43)17-11-12-18-32(2)20-14-22-34(4)24-16-26-36(6)28-30-38(42)40(9,10)44/h11-30,43-44H,1-10H3. The summed E-state index contributed by atoms with van der Waals surface area (Å²) in [6.45, 7) is 17.8. The van der Waals surface area contributed by atoms with Crippen LogP contribution in [0.25, 0.3) is 0 Å². The van der Waals surface area contributed by atoms with Gasteiger partial charge in [0, 0.05) is 0 Å². The fraction of sp³-hybridized carbons (Fsp3) is 0.300. The Morgan fingerprint density at radius 1 is 0.364 bits per heavy atom. The Kier molecular flexibility index (Phi) is 18.8. The molecule has 236 valence electrons. The highest BCUT2D eigenvalue weighted by atomic mass is 16.3. The summed E-state index contributed by atoms with van der Waals surface area (Å²) in [5, 5.41) is 19.4. The fourth-order valence-corrected chi connectivity index (χ4v) is 2.98. The first-order valence-electron chi connectivity index (χ1n) is 14.7. The number of allylic oxidation sites excluding steroid dienone is 24. The molecule has 4 heteroatoms. The first-order valence-corrected chi connectivity index (χ1v) is 14.7. The molecule has 0 atom stereocenters. The van der Waals surface area contributed by atoms with Gasteiger partial charge in [-0.25, -0.2) is 0 Å². The van der Waals surface area contributed by atoms with E-state index in [0.29, 0.717) is 0 Å². The highest BCUT2D eigenvalue weighted by molar-refractivity contribution is 5.96. The summed E-state index contributed by atoms with van der Waals surface area (Å²) >= 11 is 0. The Labute approximate surface area is 266 Å². The van der Waals surface area contributed by atoms with Gasteiger partial charge in [0.2, 0.25) is 0 Å². The van der Waals surface area contributed by atoms with Crippen molar-refractivity contribution in [2.24, 2.45) is 0 Å². The van der Waals surface area contributed by atoms with Crippen molar-refractivity contribution in [3.63, 3.8) is 0 Å². The largest absolute Gasteiger partial charge is 0.382 e. The number of ketones is 2. The molecule has 44 heavy (non-hydrogen) atoms. The lowest BCUT2D eigenvalue weighted by Crippen LogP contribution is -2.29. The molecule has 0 unspecified atom stereocenters. The van der Waals surface area contributed by atoms with Crippen LogP contribution in [0.2, 0.25) is 0 Å². The van der Waals surface area contributed by atoms with Gasteiger partial charge in [-0.15, -0.1) is 0 Å². The topological polar surface area (TPSA) is 74.6 Å². The van der Waals surface area contributed by atoms with Gasteiger partial charge in [-0.05, 0) is 81.4 Å². The van der Waals surface area contributed by atoms with Gasteiger partial charge in [0.25, 0.3) is 0 Å². The second-order valence-electron chi connectivity index (χ2n) is 11.8. The van der Waals surface area contributed by atoms with Crippen LogP contribution >= 0.6 is 0 Å². The lowest BCUT2D eigenvalue weighted by atomic mass is 10.0. The van der Waals surface area contributed by atoms with Crippen LogP contribution in [0.3, 0.4) is 0 Å². The van der Waals surface area contributed by atoms with E-state index in [2.05, 4.69) is 12.2 Å². The van der Waals surface area contributed by atoms with Gasteiger partial charge in [0.05, 0.1) is 0 Å². The molecule has 4 nitrogen and oxygen atoms in total. The molecule has 0 aliphatic heterocycles. The predicted molar refractivity (Wildman–Crippen MR) is 189 cm³/mol. The molecule has 0 fully saturated rings. The number of hydrogen-bond donors (Lipinski definition) is 2. The Morgan fingerprint density at radius 3 is 0.795 bits per heavy atom. The highest BCUT2D eigenvalue weighted by Gasteiger charge is 2.20. The van der Waals surface area contributed by atoms with Crippen molar-refractivity contribution >= 4 is 11.6 Å². The van der Waals surface area contributed by atoms with Crippen LogP contribution in [0.15, 0.2) is 155 Å². The molecule has 0 aromatic rings. The molecular formula is C40H52O4. The molecule has 0 amide bonds. The normalized spacial score (nSPS) is 16.1. The first kappa shape index (κ1) is 39.9. The van der Waals surface area contributed by atoms with E-state index in [0.717, 1.165) is 33.4 Å². The molecule has 0 aromatic carbocycles. The van der Waals surface area contributed by atoms with E-state index in [1.165, 1.54) is 39.8 Å². The smallest absolute Gasteiger partial charge is 0.186 e. The average molecular weight is 597 g/mol. The zero-order chi connectivity index (χ0) is 33.8. The molecule has 0 radical (unpaired) electrons. The fourth-order valence-electron chi connectivity index (χ4n) is 2.98. The summed E-state index contributed by atoms with van der Waals surface area (Å²) in [7, 11) is 0. The molecule has 0 rings (SSSR count). The highest BCUT2D eigenvalue weighted by Crippen LogP contribution is 2.08. The van der Waals surface area contributed by atoms with Gasteiger partial charge in [-0.2, -0.15) is 0 Å². The zero-order valence-corrected chi connectivity index (χ0v) is 28.3. The summed E-state index contributed by atoms with van der Waals surface area (Å²) in [5.74, 6) is -0.646. The van der Waals surface area contributed by atoms with Gasteiger partial charge in [0.15, 0.2) is 11.6 Å². The third-order valence-corrected chi connectivity index (χ3v) is 5.90. The van der Waals surface area contributed by atoms with Crippen molar-refractivity contribution in [1.82, 2.24) is 0 Å². The molecule has 0 spiro atoms. The second-order valence-corrected chi connectivity index (χ2v) is 11.8. The quantitative estimate of drug-likeness (QED) is 0.138. The minimum atomic E-state index is -1.35. The lowest BCUT2D eigenvalue weighted by Gasteiger charge is -2.11. The Morgan fingerprint density at radius 2 is 0.568 bits per heavy atom. The van der Waals surface area contributed by atoms with Crippen LogP contribution in [0.1, 0.15) is 69.2 Å². The van der Waals surface area contributed by atoms with E-state index in [4.69, 9.17) is 0 Å². The third kappa shape index (κ3) is 21.6. The molecule has 0 aliphatic carbocycles. The third-order valence-electron chi connectivity index (χ3n) is 5.90. The van der Waals surface area contributed by atoms with Gasteiger partial charge >= 0.3 is 0 Å². The van der Waals surface area contributed by atoms with Gasteiger partial charge in [0.1, 0.15) is 11.2 Å². The molecule has 0 saturated carbocycles. The van der Waals surface area contributed by atoms with Crippen molar-refractivity contribution in [1.29, 1.82) is 0 Å². The molecular weight excluding hydrogens is 544 g/mol. The first-order chi connectivity index (χ1) is 20.4. The Balaban J connectivity index is 4.89. The van der Waals surface area contributed by atoms with E-state index in [9.17, 15) is 19.8 Å². The predicted octanol–water partition coefficient (Wildman–Crippen LogP) is 9.24. The van der Waals surface area contributed by atoms with Gasteiger partial charge in [-0.1, -0.05) is 143 Å². The van der Waals surface area contributed by atoms with Gasteiger partial charge < -0.3 is 10.2 Å². The Hall–Kier alpha value is -4.12. The van der Waals surface area contributed by atoms with E-state index >= 15 is 0 Å². The minimum absolute atomic E-state index is 0.323.